The highest BCUT2D eigenvalue weighted by molar-refractivity contribution is 5.65. The standard InChI is InChI=1S/C13H20N2O3/c1-5-14(9(2)3)12-7-6-11(10(4)16)8-13(12)15(17)18/h6-10,16H,5H2,1-4H3/t10-/m0/s1. The van der Waals surface area contributed by atoms with Gasteiger partial charge < -0.3 is 10.0 Å². The summed E-state index contributed by atoms with van der Waals surface area (Å²) in [6.07, 6.45) is -0.702. The second kappa shape index (κ2) is 5.82. The minimum atomic E-state index is -0.702. The van der Waals surface area contributed by atoms with Crippen LogP contribution in [0.1, 0.15) is 39.4 Å². The molecular formula is C13H20N2O3. The van der Waals surface area contributed by atoms with Gasteiger partial charge in [-0.15, -0.1) is 0 Å². The lowest BCUT2D eigenvalue weighted by Crippen LogP contribution is -2.30. The van der Waals surface area contributed by atoms with E-state index in [-0.39, 0.29) is 11.7 Å². The van der Waals surface area contributed by atoms with Crippen LogP contribution in [0.5, 0.6) is 0 Å². The van der Waals surface area contributed by atoms with Crippen molar-refractivity contribution in [2.45, 2.75) is 39.8 Å². The number of rotatable bonds is 5. The van der Waals surface area contributed by atoms with Crippen molar-refractivity contribution in [3.8, 4) is 0 Å². The third-order valence-electron chi connectivity index (χ3n) is 2.95. The maximum atomic E-state index is 11.1. The molecule has 0 fully saturated rings. The lowest BCUT2D eigenvalue weighted by atomic mass is 10.1. The van der Waals surface area contributed by atoms with E-state index in [0.717, 1.165) is 0 Å². The Hall–Kier alpha value is -1.62. The monoisotopic (exact) mass is 252 g/mol. The highest BCUT2D eigenvalue weighted by atomic mass is 16.6. The fourth-order valence-electron chi connectivity index (χ4n) is 2.00. The van der Waals surface area contributed by atoms with Crippen LogP contribution in [0.15, 0.2) is 18.2 Å². The van der Waals surface area contributed by atoms with Crippen LogP contribution < -0.4 is 4.90 Å². The predicted octanol–water partition coefficient (Wildman–Crippen LogP) is 2.88. The van der Waals surface area contributed by atoms with Gasteiger partial charge in [0.25, 0.3) is 5.69 Å². The van der Waals surface area contributed by atoms with E-state index in [9.17, 15) is 15.2 Å². The van der Waals surface area contributed by atoms with Crippen molar-refractivity contribution in [3.05, 3.63) is 33.9 Å². The van der Waals surface area contributed by atoms with Crippen molar-refractivity contribution in [2.75, 3.05) is 11.4 Å². The number of hydrogen-bond acceptors (Lipinski definition) is 4. The summed E-state index contributed by atoms with van der Waals surface area (Å²) in [6, 6.07) is 5.08. The molecule has 0 amide bonds. The summed E-state index contributed by atoms with van der Waals surface area (Å²) in [7, 11) is 0. The molecule has 0 aliphatic carbocycles. The van der Waals surface area contributed by atoms with Gasteiger partial charge in [0, 0.05) is 18.7 Å². The molecule has 0 spiro atoms. The summed E-state index contributed by atoms with van der Waals surface area (Å²) in [5, 5.41) is 20.6. The number of aliphatic hydroxyl groups excluding tert-OH is 1. The second-order valence-electron chi connectivity index (χ2n) is 4.56. The summed E-state index contributed by atoms with van der Waals surface area (Å²) >= 11 is 0. The zero-order valence-electron chi connectivity index (χ0n) is 11.3. The Kier molecular flexibility index (Phi) is 4.67. The van der Waals surface area contributed by atoms with E-state index >= 15 is 0 Å². The topological polar surface area (TPSA) is 66.6 Å². The van der Waals surface area contributed by atoms with Gasteiger partial charge in [0.15, 0.2) is 0 Å². The van der Waals surface area contributed by atoms with E-state index in [2.05, 4.69) is 0 Å². The van der Waals surface area contributed by atoms with Gasteiger partial charge in [0.2, 0.25) is 0 Å². The normalized spacial score (nSPS) is 12.6. The Labute approximate surface area is 107 Å². The third-order valence-corrected chi connectivity index (χ3v) is 2.95. The summed E-state index contributed by atoms with van der Waals surface area (Å²) in [6.45, 7) is 8.25. The molecule has 0 bridgehead atoms. The number of anilines is 1. The van der Waals surface area contributed by atoms with Crippen molar-refractivity contribution in [2.24, 2.45) is 0 Å². The molecule has 0 aliphatic heterocycles. The van der Waals surface area contributed by atoms with Crippen molar-refractivity contribution < 1.29 is 10.0 Å². The van der Waals surface area contributed by atoms with E-state index in [4.69, 9.17) is 0 Å². The van der Waals surface area contributed by atoms with E-state index in [1.54, 1.807) is 19.1 Å². The van der Waals surface area contributed by atoms with E-state index in [0.29, 0.717) is 17.8 Å². The Morgan fingerprint density at radius 3 is 2.39 bits per heavy atom. The molecule has 1 aromatic rings. The molecule has 5 nitrogen and oxygen atoms in total. The number of nitrogens with zero attached hydrogens (tertiary/aromatic N) is 2. The molecule has 1 rings (SSSR count). The van der Waals surface area contributed by atoms with Crippen LogP contribution >= 0.6 is 0 Å². The zero-order valence-corrected chi connectivity index (χ0v) is 11.3. The van der Waals surface area contributed by atoms with Crippen LogP contribution in [0.3, 0.4) is 0 Å². The average molecular weight is 252 g/mol. The molecule has 1 aromatic carbocycles. The van der Waals surface area contributed by atoms with Gasteiger partial charge in [0.05, 0.1) is 11.0 Å². The molecule has 0 saturated heterocycles. The number of nitro groups is 1. The Bertz CT molecular complexity index is 430. The highest BCUT2D eigenvalue weighted by Gasteiger charge is 2.21. The van der Waals surface area contributed by atoms with Crippen LogP contribution in [0, 0.1) is 10.1 Å². The van der Waals surface area contributed by atoms with Gasteiger partial charge in [0.1, 0.15) is 5.69 Å². The van der Waals surface area contributed by atoms with Crippen LogP contribution in [0.2, 0.25) is 0 Å². The first-order valence-corrected chi connectivity index (χ1v) is 6.11. The molecular weight excluding hydrogens is 232 g/mol. The largest absolute Gasteiger partial charge is 0.389 e. The molecule has 0 aliphatic rings. The Morgan fingerprint density at radius 1 is 1.39 bits per heavy atom. The molecule has 5 heteroatoms. The molecule has 0 unspecified atom stereocenters. The Balaban J connectivity index is 3.31. The van der Waals surface area contributed by atoms with Gasteiger partial charge in [-0.05, 0) is 39.3 Å². The van der Waals surface area contributed by atoms with Gasteiger partial charge in [-0.3, -0.25) is 10.1 Å². The lowest BCUT2D eigenvalue weighted by molar-refractivity contribution is -0.384. The number of hydrogen-bond donors (Lipinski definition) is 1. The van der Waals surface area contributed by atoms with Crippen LogP contribution in [-0.4, -0.2) is 22.6 Å². The van der Waals surface area contributed by atoms with Crippen molar-refractivity contribution in [1.82, 2.24) is 0 Å². The van der Waals surface area contributed by atoms with E-state index in [1.165, 1.54) is 6.07 Å². The first kappa shape index (κ1) is 14.4. The maximum Gasteiger partial charge on any atom is 0.292 e. The van der Waals surface area contributed by atoms with Gasteiger partial charge in [-0.1, -0.05) is 6.07 Å². The highest BCUT2D eigenvalue weighted by Crippen LogP contribution is 2.32. The summed E-state index contributed by atoms with van der Waals surface area (Å²) in [4.78, 5) is 12.7. The number of nitro benzene ring substituents is 1. The van der Waals surface area contributed by atoms with Crippen molar-refractivity contribution in [1.29, 1.82) is 0 Å². The molecule has 0 aromatic heterocycles. The van der Waals surface area contributed by atoms with Crippen LogP contribution in [0.4, 0.5) is 11.4 Å². The maximum absolute atomic E-state index is 11.1. The fraction of sp³-hybridized carbons (Fsp3) is 0.538. The minimum absolute atomic E-state index is 0.0453. The minimum Gasteiger partial charge on any atom is -0.389 e. The average Bonchev–Trinajstić information content (AvgIpc) is 2.29. The number of aliphatic hydroxyl groups is 1. The SMILES string of the molecule is CCN(c1ccc([C@H](C)O)cc1[N+](=O)[O-])C(C)C. The summed E-state index contributed by atoms with van der Waals surface area (Å²) < 4.78 is 0. The molecule has 1 atom stereocenters. The summed E-state index contributed by atoms with van der Waals surface area (Å²) in [5.41, 5.74) is 1.20. The quantitative estimate of drug-likeness (QED) is 0.646. The molecule has 100 valence electrons. The zero-order chi connectivity index (χ0) is 13.9. The van der Waals surface area contributed by atoms with Gasteiger partial charge in [-0.2, -0.15) is 0 Å². The third kappa shape index (κ3) is 2.98. The van der Waals surface area contributed by atoms with Crippen molar-refractivity contribution in [3.63, 3.8) is 0 Å². The van der Waals surface area contributed by atoms with E-state index < -0.39 is 11.0 Å². The smallest absolute Gasteiger partial charge is 0.292 e. The second-order valence-corrected chi connectivity index (χ2v) is 4.56. The fourth-order valence-corrected chi connectivity index (χ4v) is 2.00. The predicted molar refractivity (Wildman–Crippen MR) is 71.9 cm³/mol. The Morgan fingerprint density at radius 2 is 2.00 bits per heavy atom. The lowest BCUT2D eigenvalue weighted by Gasteiger charge is -2.27. The molecule has 0 heterocycles. The summed E-state index contributed by atoms with van der Waals surface area (Å²) in [5.74, 6) is 0. The van der Waals surface area contributed by atoms with Crippen LogP contribution in [-0.2, 0) is 0 Å². The first-order chi connectivity index (χ1) is 8.38. The molecule has 1 N–H and O–H groups in total. The first-order valence-electron chi connectivity index (χ1n) is 6.11. The van der Waals surface area contributed by atoms with E-state index in [1.807, 2.05) is 25.7 Å². The van der Waals surface area contributed by atoms with Crippen LogP contribution in [0.25, 0.3) is 0 Å². The van der Waals surface area contributed by atoms with Gasteiger partial charge in [-0.25, -0.2) is 0 Å². The molecule has 0 saturated carbocycles. The molecule has 18 heavy (non-hydrogen) atoms. The number of benzene rings is 1. The van der Waals surface area contributed by atoms with Crippen molar-refractivity contribution >= 4 is 11.4 Å². The van der Waals surface area contributed by atoms with Gasteiger partial charge >= 0.3 is 0 Å². The molecule has 0 radical (unpaired) electrons.